The molecule has 0 saturated carbocycles. The highest BCUT2D eigenvalue weighted by Crippen LogP contribution is 2.29. The van der Waals surface area contributed by atoms with Crippen molar-refractivity contribution in [2.75, 3.05) is 5.32 Å². The molecule has 2 heterocycles. The summed E-state index contributed by atoms with van der Waals surface area (Å²) in [4.78, 5) is 29.8. The second-order valence-corrected chi connectivity index (χ2v) is 8.18. The molecule has 3 aromatic rings. The molecule has 1 aliphatic rings. The molecule has 1 atom stereocenters. The van der Waals surface area contributed by atoms with E-state index in [1.165, 1.54) is 0 Å². The molecule has 154 valence electrons. The molecular weight excluding hydrogens is 378 g/mol. The van der Waals surface area contributed by atoms with E-state index >= 15 is 0 Å². The minimum Gasteiger partial charge on any atom is -0.445 e. The zero-order valence-corrected chi connectivity index (χ0v) is 17.4. The van der Waals surface area contributed by atoms with Crippen LogP contribution in [0.15, 0.2) is 60.9 Å². The summed E-state index contributed by atoms with van der Waals surface area (Å²) in [6.07, 6.45) is 4.10. The molecule has 0 fully saturated rings. The van der Waals surface area contributed by atoms with E-state index in [1.54, 1.807) is 25.3 Å². The number of nitrogens with zero attached hydrogens (tertiary/aromatic N) is 2. The number of esters is 1. The summed E-state index contributed by atoms with van der Waals surface area (Å²) in [7, 11) is 0. The van der Waals surface area contributed by atoms with E-state index < -0.39 is 11.6 Å². The van der Waals surface area contributed by atoms with Gasteiger partial charge in [-0.1, -0.05) is 44.2 Å². The van der Waals surface area contributed by atoms with Crippen molar-refractivity contribution in [2.24, 2.45) is 0 Å². The molecular formula is C24H25N3O3. The molecule has 0 radical (unpaired) electrons. The zero-order chi connectivity index (χ0) is 21.3. The van der Waals surface area contributed by atoms with Gasteiger partial charge in [-0.2, -0.15) is 0 Å². The molecule has 1 unspecified atom stereocenters. The van der Waals surface area contributed by atoms with Crippen LogP contribution in [0.25, 0.3) is 0 Å². The molecule has 6 nitrogen and oxygen atoms in total. The van der Waals surface area contributed by atoms with Crippen molar-refractivity contribution in [1.29, 1.82) is 0 Å². The number of cyclic esters (lactones) is 1. The van der Waals surface area contributed by atoms with Gasteiger partial charge in [0.05, 0.1) is 5.56 Å². The zero-order valence-electron chi connectivity index (χ0n) is 17.4. The number of anilines is 1. The minimum atomic E-state index is -1.25. The SMILES string of the molecule is CC(C)c1nccn1Cc1cccc(NC(=O)C2(C)Cc3ccccc3C(=O)O2)c1. The fraction of sp³-hybridized carbons (Fsp3) is 0.292. The Bertz CT molecular complexity index is 1100. The lowest BCUT2D eigenvalue weighted by Gasteiger charge is -2.33. The van der Waals surface area contributed by atoms with Crippen LogP contribution >= 0.6 is 0 Å². The average molecular weight is 403 g/mol. The maximum Gasteiger partial charge on any atom is 0.339 e. The number of aromatic nitrogens is 2. The maximum atomic E-state index is 13.0. The standard InChI is InChI=1S/C24H25N3O3/c1-16(2)21-25-11-12-27(21)15-17-7-6-9-19(13-17)26-23(29)24(3)14-18-8-4-5-10-20(18)22(28)30-24/h4-13,16H,14-15H2,1-3H3,(H,26,29). The number of ether oxygens (including phenoxy) is 1. The largest absolute Gasteiger partial charge is 0.445 e. The molecule has 1 amide bonds. The van der Waals surface area contributed by atoms with E-state index in [-0.39, 0.29) is 5.91 Å². The van der Waals surface area contributed by atoms with Gasteiger partial charge in [0.2, 0.25) is 0 Å². The number of nitrogens with one attached hydrogen (secondary N) is 1. The first-order valence-corrected chi connectivity index (χ1v) is 10.1. The number of hydrogen-bond acceptors (Lipinski definition) is 4. The molecule has 1 aromatic heterocycles. The van der Waals surface area contributed by atoms with E-state index in [9.17, 15) is 9.59 Å². The second-order valence-electron chi connectivity index (χ2n) is 8.18. The van der Waals surface area contributed by atoms with Crippen molar-refractivity contribution in [1.82, 2.24) is 9.55 Å². The van der Waals surface area contributed by atoms with Crippen LogP contribution in [-0.2, 0) is 22.5 Å². The predicted octanol–water partition coefficient (Wildman–Crippen LogP) is 4.17. The van der Waals surface area contributed by atoms with Gasteiger partial charge in [0.1, 0.15) is 5.82 Å². The van der Waals surface area contributed by atoms with Crippen LogP contribution in [-0.4, -0.2) is 27.0 Å². The van der Waals surface area contributed by atoms with Crippen LogP contribution in [0.5, 0.6) is 0 Å². The maximum absolute atomic E-state index is 13.0. The summed E-state index contributed by atoms with van der Waals surface area (Å²) < 4.78 is 7.63. The Morgan fingerprint density at radius 3 is 2.83 bits per heavy atom. The quantitative estimate of drug-likeness (QED) is 0.649. The van der Waals surface area contributed by atoms with Crippen molar-refractivity contribution in [2.45, 2.75) is 45.3 Å². The first kappa shape index (κ1) is 19.9. The van der Waals surface area contributed by atoms with Crippen molar-refractivity contribution >= 4 is 17.6 Å². The lowest BCUT2D eigenvalue weighted by Crippen LogP contribution is -2.48. The van der Waals surface area contributed by atoms with Crippen LogP contribution in [0.3, 0.4) is 0 Å². The Morgan fingerprint density at radius 1 is 1.23 bits per heavy atom. The van der Waals surface area contributed by atoms with Crippen LogP contribution in [0.2, 0.25) is 0 Å². The number of carbonyl (C=O) groups excluding carboxylic acids is 2. The van der Waals surface area contributed by atoms with E-state index in [2.05, 4.69) is 28.7 Å². The molecule has 4 rings (SSSR count). The van der Waals surface area contributed by atoms with Gasteiger partial charge >= 0.3 is 5.97 Å². The van der Waals surface area contributed by atoms with Gasteiger partial charge in [0, 0.05) is 37.0 Å². The Balaban J connectivity index is 1.51. The molecule has 0 aliphatic carbocycles. The summed E-state index contributed by atoms with van der Waals surface area (Å²) in [5, 5.41) is 2.92. The molecule has 1 aliphatic heterocycles. The summed E-state index contributed by atoms with van der Waals surface area (Å²) >= 11 is 0. The van der Waals surface area contributed by atoms with Gasteiger partial charge in [-0.3, -0.25) is 4.79 Å². The number of rotatable bonds is 5. The second kappa shape index (κ2) is 7.78. The third kappa shape index (κ3) is 3.85. The molecule has 30 heavy (non-hydrogen) atoms. The summed E-state index contributed by atoms with van der Waals surface area (Å²) in [5.41, 5.74) is 1.80. The van der Waals surface area contributed by atoms with Crippen LogP contribution in [0.1, 0.15) is 54.0 Å². The van der Waals surface area contributed by atoms with Crippen LogP contribution in [0, 0.1) is 0 Å². The molecule has 0 bridgehead atoms. The highest BCUT2D eigenvalue weighted by atomic mass is 16.6. The highest BCUT2D eigenvalue weighted by molar-refractivity contribution is 6.02. The topological polar surface area (TPSA) is 73.2 Å². The van der Waals surface area contributed by atoms with E-state index in [0.29, 0.717) is 30.1 Å². The van der Waals surface area contributed by atoms with Crippen LogP contribution < -0.4 is 5.32 Å². The molecule has 0 saturated heterocycles. The number of amides is 1. The first-order chi connectivity index (χ1) is 14.4. The number of hydrogen-bond donors (Lipinski definition) is 1. The van der Waals surface area contributed by atoms with E-state index in [4.69, 9.17) is 4.74 Å². The normalized spacial score (nSPS) is 18.1. The smallest absolute Gasteiger partial charge is 0.339 e. The minimum absolute atomic E-state index is 0.326. The van der Waals surface area contributed by atoms with Crippen molar-refractivity contribution in [3.05, 3.63) is 83.4 Å². The molecule has 0 spiro atoms. The highest BCUT2D eigenvalue weighted by Gasteiger charge is 2.42. The third-order valence-corrected chi connectivity index (χ3v) is 5.37. The van der Waals surface area contributed by atoms with E-state index in [0.717, 1.165) is 17.0 Å². The number of carbonyl (C=O) groups is 2. The Labute approximate surface area is 175 Å². The third-order valence-electron chi connectivity index (χ3n) is 5.37. The van der Waals surface area contributed by atoms with Crippen molar-refractivity contribution in [3.8, 4) is 0 Å². The molecule has 2 aromatic carbocycles. The number of fused-ring (bicyclic) bond motifs is 1. The lowest BCUT2D eigenvalue weighted by atomic mass is 9.89. The monoisotopic (exact) mass is 403 g/mol. The predicted molar refractivity (Wildman–Crippen MR) is 114 cm³/mol. The Hall–Kier alpha value is -3.41. The number of benzene rings is 2. The number of imidazole rings is 1. The lowest BCUT2D eigenvalue weighted by molar-refractivity contribution is -0.134. The van der Waals surface area contributed by atoms with Gasteiger partial charge in [0.25, 0.3) is 5.91 Å². The summed E-state index contributed by atoms with van der Waals surface area (Å²) in [5.74, 6) is 0.536. The fourth-order valence-electron chi connectivity index (χ4n) is 3.82. The average Bonchev–Trinajstić information content (AvgIpc) is 3.16. The fourth-order valence-corrected chi connectivity index (χ4v) is 3.82. The van der Waals surface area contributed by atoms with Gasteiger partial charge in [-0.25, -0.2) is 9.78 Å². The van der Waals surface area contributed by atoms with Gasteiger partial charge in [-0.05, 0) is 36.2 Å². The molecule has 1 N–H and O–H groups in total. The van der Waals surface area contributed by atoms with Gasteiger partial charge < -0.3 is 14.6 Å². The Morgan fingerprint density at radius 2 is 2.03 bits per heavy atom. The summed E-state index contributed by atoms with van der Waals surface area (Å²) in [6.45, 7) is 6.54. The van der Waals surface area contributed by atoms with E-state index in [1.807, 2.05) is 42.6 Å². The van der Waals surface area contributed by atoms with Crippen LogP contribution in [0.4, 0.5) is 5.69 Å². The molecule has 6 heteroatoms. The first-order valence-electron chi connectivity index (χ1n) is 10.1. The van der Waals surface area contributed by atoms with Crippen molar-refractivity contribution in [3.63, 3.8) is 0 Å². The summed E-state index contributed by atoms with van der Waals surface area (Å²) in [6, 6.07) is 14.9. The Kier molecular flexibility index (Phi) is 5.16. The van der Waals surface area contributed by atoms with Crippen molar-refractivity contribution < 1.29 is 14.3 Å². The van der Waals surface area contributed by atoms with Gasteiger partial charge in [0.15, 0.2) is 5.60 Å². The van der Waals surface area contributed by atoms with Gasteiger partial charge in [-0.15, -0.1) is 0 Å².